The van der Waals surface area contributed by atoms with Gasteiger partial charge < -0.3 is 14.7 Å². The molecule has 1 N–H and O–H groups in total. The summed E-state index contributed by atoms with van der Waals surface area (Å²) in [5.41, 5.74) is 2.76. The molecule has 0 spiro atoms. The van der Waals surface area contributed by atoms with Crippen molar-refractivity contribution >= 4 is 11.7 Å². The normalized spacial score (nSPS) is 10.4. The molecule has 0 bridgehead atoms. The topological polar surface area (TPSA) is 71.3 Å². The average molecular weight is 322 g/mol. The molecule has 0 unspecified atom stereocenters. The first kappa shape index (κ1) is 15.7. The van der Waals surface area contributed by atoms with Gasteiger partial charge in [0, 0.05) is 18.3 Å². The second kappa shape index (κ2) is 6.95. The van der Waals surface area contributed by atoms with E-state index in [2.05, 4.69) is 15.5 Å². The standard InChI is InChI=1S/C18H18N4O2/c1-13-8-10-15(11-9-13)19-18(23)22(2)12-16-20-17(21-24-16)14-6-4-3-5-7-14/h3-11H,12H2,1-2H3,(H,19,23). The zero-order valence-electron chi connectivity index (χ0n) is 13.6. The first-order valence-corrected chi connectivity index (χ1v) is 7.58. The van der Waals surface area contributed by atoms with Gasteiger partial charge in [-0.05, 0) is 19.1 Å². The van der Waals surface area contributed by atoms with Crippen LogP contribution in [0, 0.1) is 6.92 Å². The van der Waals surface area contributed by atoms with Crippen molar-refractivity contribution in [3.63, 3.8) is 0 Å². The molecule has 1 aromatic heterocycles. The van der Waals surface area contributed by atoms with Crippen LogP contribution in [-0.4, -0.2) is 28.1 Å². The third-order valence-corrected chi connectivity index (χ3v) is 3.52. The molecule has 2 amide bonds. The lowest BCUT2D eigenvalue weighted by Gasteiger charge is -2.15. The van der Waals surface area contributed by atoms with Gasteiger partial charge in [-0.1, -0.05) is 53.2 Å². The van der Waals surface area contributed by atoms with Crippen molar-refractivity contribution in [2.24, 2.45) is 0 Å². The van der Waals surface area contributed by atoms with E-state index in [4.69, 9.17) is 4.52 Å². The van der Waals surface area contributed by atoms with Crippen LogP contribution < -0.4 is 5.32 Å². The van der Waals surface area contributed by atoms with Crippen LogP contribution in [0.2, 0.25) is 0 Å². The van der Waals surface area contributed by atoms with Crippen LogP contribution in [-0.2, 0) is 6.54 Å². The minimum absolute atomic E-state index is 0.234. The van der Waals surface area contributed by atoms with Gasteiger partial charge in [0.05, 0.1) is 0 Å². The molecule has 0 atom stereocenters. The van der Waals surface area contributed by atoms with Crippen molar-refractivity contribution < 1.29 is 9.32 Å². The Morgan fingerprint density at radius 2 is 1.83 bits per heavy atom. The third-order valence-electron chi connectivity index (χ3n) is 3.52. The van der Waals surface area contributed by atoms with Crippen LogP contribution in [0.25, 0.3) is 11.4 Å². The summed E-state index contributed by atoms with van der Waals surface area (Å²) >= 11 is 0. The Kier molecular flexibility index (Phi) is 4.56. The zero-order valence-corrected chi connectivity index (χ0v) is 13.6. The fourth-order valence-electron chi connectivity index (χ4n) is 2.15. The highest BCUT2D eigenvalue weighted by Crippen LogP contribution is 2.16. The number of hydrogen-bond acceptors (Lipinski definition) is 4. The molecule has 6 heteroatoms. The van der Waals surface area contributed by atoms with Crippen LogP contribution in [0.3, 0.4) is 0 Å². The molecule has 3 rings (SSSR count). The maximum absolute atomic E-state index is 12.2. The Morgan fingerprint density at radius 1 is 1.12 bits per heavy atom. The van der Waals surface area contributed by atoms with Gasteiger partial charge in [-0.3, -0.25) is 0 Å². The largest absolute Gasteiger partial charge is 0.337 e. The predicted octanol–water partition coefficient (Wildman–Crippen LogP) is 3.71. The van der Waals surface area contributed by atoms with Crippen molar-refractivity contribution in [3.8, 4) is 11.4 Å². The van der Waals surface area contributed by atoms with Gasteiger partial charge in [-0.15, -0.1) is 0 Å². The summed E-state index contributed by atoms with van der Waals surface area (Å²) in [7, 11) is 1.68. The first-order valence-electron chi connectivity index (χ1n) is 7.58. The van der Waals surface area contributed by atoms with E-state index in [1.807, 2.05) is 61.5 Å². The monoisotopic (exact) mass is 322 g/mol. The fraction of sp³-hybridized carbons (Fsp3) is 0.167. The van der Waals surface area contributed by atoms with Crippen LogP contribution in [0.5, 0.6) is 0 Å². The molecule has 0 aliphatic heterocycles. The summed E-state index contributed by atoms with van der Waals surface area (Å²) in [6.45, 7) is 2.23. The Morgan fingerprint density at radius 3 is 2.54 bits per heavy atom. The lowest BCUT2D eigenvalue weighted by Crippen LogP contribution is -2.30. The SMILES string of the molecule is Cc1ccc(NC(=O)N(C)Cc2nc(-c3ccccc3)no2)cc1. The molecule has 1 heterocycles. The second-order valence-electron chi connectivity index (χ2n) is 5.53. The number of urea groups is 1. The van der Waals surface area contributed by atoms with E-state index in [1.54, 1.807) is 7.05 Å². The molecule has 0 aliphatic carbocycles. The van der Waals surface area contributed by atoms with Crippen LogP contribution in [0.1, 0.15) is 11.5 Å². The third kappa shape index (κ3) is 3.78. The number of aryl methyl sites for hydroxylation is 1. The number of anilines is 1. The molecule has 0 radical (unpaired) electrons. The zero-order chi connectivity index (χ0) is 16.9. The summed E-state index contributed by atoms with van der Waals surface area (Å²) < 4.78 is 5.22. The van der Waals surface area contributed by atoms with Crippen LogP contribution in [0.4, 0.5) is 10.5 Å². The predicted molar refractivity (Wildman–Crippen MR) is 91.4 cm³/mol. The highest BCUT2D eigenvalue weighted by atomic mass is 16.5. The molecular formula is C18H18N4O2. The van der Waals surface area contributed by atoms with Gasteiger partial charge in [-0.25, -0.2) is 4.79 Å². The summed E-state index contributed by atoms with van der Waals surface area (Å²) in [6.07, 6.45) is 0. The molecule has 0 saturated heterocycles. The number of carbonyl (C=O) groups is 1. The highest BCUT2D eigenvalue weighted by molar-refractivity contribution is 5.89. The lowest BCUT2D eigenvalue weighted by atomic mass is 10.2. The minimum atomic E-state index is -0.238. The van der Waals surface area contributed by atoms with Gasteiger partial charge in [0.1, 0.15) is 6.54 Å². The van der Waals surface area contributed by atoms with Crippen LogP contribution in [0.15, 0.2) is 59.1 Å². The van der Waals surface area contributed by atoms with Crippen molar-refractivity contribution in [1.29, 1.82) is 0 Å². The molecule has 0 saturated carbocycles. The van der Waals surface area contributed by atoms with Gasteiger partial charge in [-0.2, -0.15) is 4.98 Å². The fourth-order valence-corrected chi connectivity index (χ4v) is 2.15. The number of benzene rings is 2. The molecule has 3 aromatic rings. The summed E-state index contributed by atoms with van der Waals surface area (Å²) in [5.74, 6) is 0.897. The molecule has 122 valence electrons. The smallest absolute Gasteiger partial charge is 0.322 e. The van der Waals surface area contributed by atoms with E-state index >= 15 is 0 Å². The van der Waals surface area contributed by atoms with Crippen molar-refractivity contribution in [3.05, 3.63) is 66.1 Å². The number of rotatable bonds is 4. The number of carbonyl (C=O) groups excluding carboxylic acids is 1. The summed E-state index contributed by atoms with van der Waals surface area (Å²) in [5, 5.41) is 6.77. The number of aromatic nitrogens is 2. The Hall–Kier alpha value is -3.15. The summed E-state index contributed by atoms with van der Waals surface area (Å²) in [4.78, 5) is 18.0. The maximum atomic E-state index is 12.2. The van der Waals surface area contributed by atoms with Crippen molar-refractivity contribution in [2.45, 2.75) is 13.5 Å². The molecular weight excluding hydrogens is 304 g/mol. The first-order chi connectivity index (χ1) is 11.6. The summed E-state index contributed by atoms with van der Waals surface area (Å²) in [6, 6.07) is 16.9. The number of hydrogen-bond donors (Lipinski definition) is 1. The molecule has 0 fully saturated rings. The molecule has 6 nitrogen and oxygen atoms in total. The molecule has 24 heavy (non-hydrogen) atoms. The van der Waals surface area contributed by atoms with E-state index in [1.165, 1.54) is 4.90 Å². The number of amides is 2. The van der Waals surface area contributed by atoms with E-state index in [9.17, 15) is 4.79 Å². The van der Waals surface area contributed by atoms with Gasteiger partial charge >= 0.3 is 6.03 Å². The van der Waals surface area contributed by atoms with E-state index in [-0.39, 0.29) is 12.6 Å². The lowest BCUT2D eigenvalue weighted by molar-refractivity contribution is 0.213. The van der Waals surface area contributed by atoms with Gasteiger partial charge in [0.2, 0.25) is 11.7 Å². The average Bonchev–Trinajstić information content (AvgIpc) is 3.06. The van der Waals surface area contributed by atoms with E-state index in [0.717, 1.165) is 16.8 Å². The van der Waals surface area contributed by atoms with Crippen LogP contribution >= 0.6 is 0 Å². The van der Waals surface area contributed by atoms with Crippen molar-refractivity contribution in [2.75, 3.05) is 12.4 Å². The Balaban J connectivity index is 1.62. The minimum Gasteiger partial charge on any atom is -0.337 e. The maximum Gasteiger partial charge on any atom is 0.322 e. The Labute approximate surface area is 140 Å². The van der Waals surface area contributed by atoms with Crippen molar-refractivity contribution in [1.82, 2.24) is 15.0 Å². The number of nitrogens with zero attached hydrogens (tertiary/aromatic N) is 3. The van der Waals surface area contributed by atoms with E-state index < -0.39 is 0 Å². The highest BCUT2D eigenvalue weighted by Gasteiger charge is 2.14. The molecule has 2 aromatic carbocycles. The quantitative estimate of drug-likeness (QED) is 0.795. The van der Waals surface area contributed by atoms with Gasteiger partial charge in [0.25, 0.3) is 0 Å². The molecule has 0 aliphatic rings. The number of nitrogens with one attached hydrogen (secondary N) is 1. The van der Waals surface area contributed by atoms with E-state index in [0.29, 0.717) is 11.7 Å². The van der Waals surface area contributed by atoms with Gasteiger partial charge in [0.15, 0.2) is 0 Å². The Bertz CT molecular complexity index is 813. The second-order valence-corrected chi connectivity index (χ2v) is 5.53.